The molecule has 0 saturated carbocycles. The Bertz CT molecular complexity index is 894. The lowest BCUT2D eigenvalue weighted by molar-refractivity contribution is -0.114. The minimum atomic E-state index is -0.0739. The minimum absolute atomic E-state index is 0.0739. The van der Waals surface area contributed by atoms with Gasteiger partial charge < -0.3 is 9.14 Å². The molecule has 1 aliphatic carbocycles. The lowest BCUT2D eigenvalue weighted by Gasteiger charge is -2.10. The smallest absolute Gasteiger partial charge is 0.220 e. The fraction of sp³-hybridized carbons (Fsp3) is 0.286. The lowest BCUT2D eigenvalue weighted by atomic mass is 10.0. The molecule has 24 heavy (non-hydrogen) atoms. The second-order valence-corrected chi connectivity index (χ2v) is 6.06. The SMILES string of the molecule is CCOC1=CC(=Cc2c(C)c(C)c3ccc(CC)cn23)C=CC1=O. The minimum Gasteiger partial charge on any atom is -0.490 e. The van der Waals surface area contributed by atoms with E-state index in [1.807, 2.05) is 19.1 Å². The van der Waals surface area contributed by atoms with E-state index in [9.17, 15) is 4.79 Å². The second kappa shape index (κ2) is 6.52. The highest BCUT2D eigenvalue weighted by atomic mass is 16.5. The summed E-state index contributed by atoms with van der Waals surface area (Å²) in [5.41, 5.74) is 7.20. The number of carbonyl (C=O) groups excluding carboxylic acids is 1. The molecule has 1 aliphatic rings. The zero-order valence-corrected chi connectivity index (χ0v) is 14.7. The number of aryl methyl sites for hydroxylation is 2. The molecule has 0 unspecified atom stereocenters. The van der Waals surface area contributed by atoms with Gasteiger partial charge in [0, 0.05) is 17.4 Å². The fourth-order valence-corrected chi connectivity index (χ4v) is 3.04. The van der Waals surface area contributed by atoms with Crippen LogP contribution in [0.3, 0.4) is 0 Å². The van der Waals surface area contributed by atoms with Gasteiger partial charge in [-0.3, -0.25) is 4.79 Å². The molecule has 2 heterocycles. The van der Waals surface area contributed by atoms with Crippen LogP contribution in [0.5, 0.6) is 0 Å². The zero-order valence-electron chi connectivity index (χ0n) is 14.7. The molecule has 0 N–H and O–H groups in total. The van der Waals surface area contributed by atoms with Crippen LogP contribution in [0.1, 0.15) is 36.2 Å². The molecule has 0 aromatic carbocycles. The number of hydrogen-bond donors (Lipinski definition) is 0. The maximum atomic E-state index is 11.8. The number of ketones is 1. The molecule has 124 valence electrons. The van der Waals surface area contributed by atoms with Gasteiger partial charge in [0.2, 0.25) is 5.78 Å². The molecule has 0 spiro atoms. The average molecular weight is 321 g/mol. The Morgan fingerprint density at radius 3 is 2.62 bits per heavy atom. The maximum absolute atomic E-state index is 11.8. The van der Waals surface area contributed by atoms with E-state index >= 15 is 0 Å². The highest BCUT2D eigenvalue weighted by Crippen LogP contribution is 2.26. The Kier molecular flexibility index (Phi) is 4.43. The highest BCUT2D eigenvalue weighted by Gasteiger charge is 2.15. The molecule has 2 aromatic heterocycles. The first-order valence-electron chi connectivity index (χ1n) is 8.43. The van der Waals surface area contributed by atoms with E-state index in [0.717, 1.165) is 17.7 Å². The Morgan fingerprint density at radius 1 is 1.12 bits per heavy atom. The number of rotatable bonds is 4. The van der Waals surface area contributed by atoms with Gasteiger partial charge in [0.25, 0.3) is 0 Å². The van der Waals surface area contributed by atoms with Crippen molar-refractivity contribution in [2.24, 2.45) is 0 Å². The molecule has 3 rings (SSSR count). The van der Waals surface area contributed by atoms with Crippen LogP contribution in [-0.2, 0) is 16.0 Å². The van der Waals surface area contributed by atoms with Crippen molar-refractivity contribution in [3.8, 4) is 0 Å². The summed E-state index contributed by atoms with van der Waals surface area (Å²) in [7, 11) is 0. The number of hydrogen-bond acceptors (Lipinski definition) is 2. The molecule has 0 aliphatic heterocycles. The molecular formula is C21H23NO2. The van der Waals surface area contributed by atoms with Crippen molar-refractivity contribution < 1.29 is 9.53 Å². The van der Waals surface area contributed by atoms with Gasteiger partial charge in [-0.15, -0.1) is 0 Å². The van der Waals surface area contributed by atoms with Crippen molar-refractivity contribution in [1.29, 1.82) is 0 Å². The van der Waals surface area contributed by atoms with Crippen LogP contribution in [0.2, 0.25) is 0 Å². The molecule has 2 aromatic rings. The van der Waals surface area contributed by atoms with Crippen LogP contribution in [0.4, 0.5) is 0 Å². The van der Waals surface area contributed by atoms with E-state index in [1.54, 1.807) is 6.08 Å². The van der Waals surface area contributed by atoms with E-state index in [0.29, 0.717) is 12.4 Å². The van der Waals surface area contributed by atoms with Crippen molar-refractivity contribution in [2.45, 2.75) is 34.1 Å². The predicted molar refractivity (Wildman–Crippen MR) is 98.1 cm³/mol. The summed E-state index contributed by atoms with van der Waals surface area (Å²) in [5.74, 6) is 0.339. The van der Waals surface area contributed by atoms with Crippen LogP contribution >= 0.6 is 0 Å². The van der Waals surface area contributed by atoms with Gasteiger partial charge in [-0.25, -0.2) is 0 Å². The van der Waals surface area contributed by atoms with Crippen molar-refractivity contribution >= 4 is 17.4 Å². The number of ether oxygens (including phenoxy) is 1. The van der Waals surface area contributed by atoms with E-state index in [4.69, 9.17) is 4.74 Å². The Morgan fingerprint density at radius 2 is 1.92 bits per heavy atom. The molecule has 0 amide bonds. The number of carbonyl (C=O) groups is 1. The number of allylic oxidation sites excluding steroid dienone is 4. The quantitative estimate of drug-likeness (QED) is 0.826. The summed E-state index contributed by atoms with van der Waals surface area (Å²) < 4.78 is 7.68. The summed E-state index contributed by atoms with van der Waals surface area (Å²) in [4.78, 5) is 11.8. The van der Waals surface area contributed by atoms with E-state index in [1.165, 1.54) is 22.2 Å². The second-order valence-electron chi connectivity index (χ2n) is 6.06. The topological polar surface area (TPSA) is 30.7 Å². The number of pyridine rings is 1. The Labute approximate surface area is 142 Å². The third kappa shape index (κ3) is 2.82. The fourth-order valence-electron chi connectivity index (χ4n) is 3.04. The van der Waals surface area contributed by atoms with Crippen molar-refractivity contribution in [3.63, 3.8) is 0 Å². The first-order valence-corrected chi connectivity index (χ1v) is 8.43. The van der Waals surface area contributed by atoms with E-state index < -0.39 is 0 Å². The Hall–Kier alpha value is -2.55. The van der Waals surface area contributed by atoms with Gasteiger partial charge in [0.1, 0.15) is 0 Å². The lowest BCUT2D eigenvalue weighted by Crippen LogP contribution is -2.07. The molecule has 0 fully saturated rings. The normalized spacial score (nSPS) is 16.1. The maximum Gasteiger partial charge on any atom is 0.220 e. The zero-order chi connectivity index (χ0) is 17.3. The van der Waals surface area contributed by atoms with Crippen LogP contribution < -0.4 is 0 Å². The number of nitrogens with zero attached hydrogens (tertiary/aromatic N) is 1. The molecule has 0 bridgehead atoms. The first-order chi connectivity index (χ1) is 11.5. The highest BCUT2D eigenvalue weighted by molar-refractivity contribution is 6.05. The first kappa shape index (κ1) is 16.3. The molecular weight excluding hydrogens is 298 g/mol. The summed E-state index contributed by atoms with van der Waals surface area (Å²) in [6.45, 7) is 8.83. The molecule has 0 atom stereocenters. The third-order valence-corrected chi connectivity index (χ3v) is 4.58. The molecule has 3 heteroatoms. The molecule has 0 saturated heterocycles. The van der Waals surface area contributed by atoms with Gasteiger partial charge in [0.05, 0.1) is 6.61 Å². The average Bonchev–Trinajstić information content (AvgIpc) is 2.82. The number of fused-ring (bicyclic) bond motifs is 1. The third-order valence-electron chi connectivity index (χ3n) is 4.58. The summed E-state index contributed by atoms with van der Waals surface area (Å²) >= 11 is 0. The van der Waals surface area contributed by atoms with E-state index in [2.05, 4.69) is 49.6 Å². The monoisotopic (exact) mass is 321 g/mol. The van der Waals surface area contributed by atoms with Crippen LogP contribution in [0, 0.1) is 13.8 Å². The molecule has 3 nitrogen and oxygen atoms in total. The van der Waals surface area contributed by atoms with Gasteiger partial charge in [-0.2, -0.15) is 0 Å². The molecule has 0 radical (unpaired) electrons. The van der Waals surface area contributed by atoms with E-state index in [-0.39, 0.29) is 5.78 Å². The summed E-state index contributed by atoms with van der Waals surface area (Å²) in [5, 5.41) is 0. The summed E-state index contributed by atoms with van der Waals surface area (Å²) in [6.07, 6.45) is 10.6. The standard InChI is InChI=1S/C21H23NO2/c1-5-16-7-9-18-14(3)15(4)19(22(18)13-16)11-17-8-10-20(23)21(12-17)24-6-2/h7-13H,5-6H2,1-4H3. The largest absolute Gasteiger partial charge is 0.490 e. The summed E-state index contributed by atoms with van der Waals surface area (Å²) in [6, 6.07) is 4.37. The van der Waals surface area contributed by atoms with Crippen molar-refractivity contribution in [3.05, 3.63) is 70.3 Å². The van der Waals surface area contributed by atoms with Gasteiger partial charge in [0.15, 0.2) is 5.76 Å². The number of aromatic nitrogens is 1. The van der Waals surface area contributed by atoms with Gasteiger partial charge in [-0.05, 0) is 73.7 Å². The van der Waals surface area contributed by atoms with Crippen LogP contribution in [-0.4, -0.2) is 16.8 Å². The van der Waals surface area contributed by atoms with Crippen molar-refractivity contribution in [1.82, 2.24) is 4.40 Å². The Balaban J connectivity index is 2.14. The van der Waals surface area contributed by atoms with Crippen molar-refractivity contribution in [2.75, 3.05) is 6.61 Å². The van der Waals surface area contributed by atoms with Gasteiger partial charge >= 0.3 is 0 Å². The van der Waals surface area contributed by atoms with Crippen LogP contribution in [0.25, 0.3) is 11.6 Å². The predicted octanol–water partition coefficient (Wildman–Crippen LogP) is 4.56. The van der Waals surface area contributed by atoms with Gasteiger partial charge in [-0.1, -0.05) is 19.1 Å². The van der Waals surface area contributed by atoms with Crippen LogP contribution in [0.15, 0.2) is 47.9 Å².